The van der Waals surface area contributed by atoms with Crippen molar-refractivity contribution in [2.75, 3.05) is 6.54 Å². The summed E-state index contributed by atoms with van der Waals surface area (Å²) >= 11 is 0. The van der Waals surface area contributed by atoms with Crippen molar-refractivity contribution < 1.29 is 4.42 Å². The Bertz CT molecular complexity index is 459. The van der Waals surface area contributed by atoms with Gasteiger partial charge in [0, 0.05) is 0 Å². The minimum absolute atomic E-state index is 0.182. The summed E-state index contributed by atoms with van der Waals surface area (Å²) in [6, 6.07) is 14.7. The van der Waals surface area contributed by atoms with Crippen LogP contribution in [0.25, 0.3) is 0 Å². The van der Waals surface area contributed by atoms with Crippen LogP contribution in [0, 0.1) is 5.92 Å². The lowest BCUT2D eigenvalue weighted by Gasteiger charge is -2.28. The molecule has 0 radical (unpaired) electrons. The zero-order valence-corrected chi connectivity index (χ0v) is 10.5. The lowest BCUT2D eigenvalue weighted by atomic mass is 9.85. The van der Waals surface area contributed by atoms with Crippen LogP contribution in [0.1, 0.15) is 36.6 Å². The van der Waals surface area contributed by atoms with Crippen LogP contribution >= 0.6 is 0 Å². The summed E-state index contributed by atoms with van der Waals surface area (Å²) < 4.78 is 5.57. The third kappa shape index (κ3) is 2.49. The Kier molecular flexibility index (Phi) is 3.47. The minimum Gasteiger partial charge on any atom is -0.467 e. The van der Waals surface area contributed by atoms with E-state index in [2.05, 4.69) is 35.6 Å². The molecule has 94 valence electrons. The van der Waals surface area contributed by atoms with Crippen LogP contribution in [-0.2, 0) is 0 Å². The first-order valence-electron chi connectivity index (χ1n) is 6.75. The summed E-state index contributed by atoms with van der Waals surface area (Å²) in [4.78, 5) is 0. The first-order chi connectivity index (χ1) is 8.93. The number of nitrogens with one attached hydrogen (secondary N) is 1. The molecule has 3 rings (SSSR count). The SMILES string of the molecule is c1ccc(C(NCC2CCC2)c2ccco2)cc1. The van der Waals surface area contributed by atoms with E-state index in [1.807, 2.05) is 12.1 Å². The third-order valence-electron chi connectivity index (χ3n) is 3.80. The number of hydrogen-bond acceptors (Lipinski definition) is 2. The van der Waals surface area contributed by atoms with Crippen LogP contribution in [0.2, 0.25) is 0 Å². The fourth-order valence-corrected chi connectivity index (χ4v) is 2.47. The molecule has 1 N–H and O–H groups in total. The maximum atomic E-state index is 5.57. The smallest absolute Gasteiger partial charge is 0.125 e. The molecular formula is C16H19NO. The van der Waals surface area contributed by atoms with Crippen LogP contribution in [0.4, 0.5) is 0 Å². The molecule has 2 heteroatoms. The van der Waals surface area contributed by atoms with Gasteiger partial charge in [-0.3, -0.25) is 0 Å². The molecule has 1 unspecified atom stereocenters. The van der Waals surface area contributed by atoms with Crippen molar-refractivity contribution in [2.45, 2.75) is 25.3 Å². The highest BCUT2D eigenvalue weighted by Gasteiger charge is 2.21. The first-order valence-corrected chi connectivity index (χ1v) is 6.75. The van der Waals surface area contributed by atoms with Crippen LogP contribution in [0.15, 0.2) is 53.1 Å². The van der Waals surface area contributed by atoms with Crippen LogP contribution in [-0.4, -0.2) is 6.54 Å². The zero-order chi connectivity index (χ0) is 12.2. The van der Waals surface area contributed by atoms with E-state index in [1.165, 1.54) is 24.8 Å². The van der Waals surface area contributed by atoms with E-state index < -0.39 is 0 Å². The van der Waals surface area contributed by atoms with E-state index in [1.54, 1.807) is 6.26 Å². The largest absolute Gasteiger partial charge is 0.467 e. The van der Waals surface area contributed by atoms with Gasteiger partial charge < -0.3 is 9.73 Å². The van der Waals surface area contributed by atoms with Gasteiger partial charge in [-0.15, -0.1) is 0 Å². The summed E-state index contributed by atoms with van der Waals surface area (Å²) in [5, 5.41) is 3.65. The van der Waals surface area contributed by atoms with Gasteiger partial charge in [-0.2, -0.15) is 0 Å². The highest BCUT2D eigenvalue weighted by molar-refractivity contribution is 5.26. The van der Waals surface area contributed by atoms with Crippen LogP contribution < -0.4 is 5.32 Å². The highest BCUT2D eigenvalue weighted by Crippen LogP contribution is 2.28. The van der Waals surface area contributed by atoms with Gasteiger partial charge in [0.1, 0.15) is 5.76 Å². The van der Waals surface area contributed by atoms with E-state index >= 15 is 0 Å². The Morgan fingerprint density at radius 1 is 1.11 bits per heavy atom. The summed E-state index contributed by atoms with van der Waals surface area (Å²) in [5.74, 6) is 1.85. The Morgan fingerprint density at radius 2 is 1.94 bits per heavy atom. The van der Waals surface area contributed by atoms with Crippen LogP contribution in [0.3, 0.4) is 0 Å². The molecule has 0 aliphatic heterocycles. The maximum Gasteiger partial charge on any atom is 0.125 e. The second-order valence-electron chi connectivity index (χ2n) is 5.06. The van der Waals surface area contributed by atoms with E-state index in [0.29, 0.717) is 0 Å². The average molecular weight is 241 g/mol. The standard InChI is InChI=1S/C16H19NO/c1-2-8-14(9-3-1)16(15-10-5-11-18-15)17-12-13-6-4-7-13/h1-3,5,8-11,13,16-17H,4,6-7,12H2. The van der Waals surface area contributed by atoms with E-state index in [9.17, 15) is 0 Å². The van der Waals surface area contributed by atoms with Gasteiger partial charge in [0.15, 0.2) is 0 Å². The molecule has 1 heterocycles. The molecule has 0 spiro atoms. The maximum absolute atomic E-state index is 5.57. The Labute approximate surface area is 108 Å². The lowest BCUT2D eigenvalue weighted by Crippen LogP contribution is -2.31. The lowest BCUT2D eigenvalue weighted by molar-refractivity contribution is 0.289. The number of furan rings is 1. The summed E-state index contributed by atoms with van der Waals surface area (Å²) in [7, 11) is 0. The van der Waals surface area contributed by atoms with Gasteiger partial charge in [0.25, 0.3) is 0 Å². The minimum atomic E-state index is 0.182. The van der Waals surface area contributed by atoms with E-state index in [-0.39, 0.29) is 6.04 Å². The molecule has 1 aliphatic carbocycles. The van der Waals surface area contributed by atoms with Crippen molar-refractivity contribution in [3.63, 3.8) is 0 Å². The fraction of sp³-hybridized carbons (Fsp3) is 0.375. The first kappa shape index (κ1) is 11.5. The van der Waals surface area contributed by atoms with Crippen molar-refractivity contribution in [3.05, 3.63) is 60.1 Å². The van der Waals surface area contributed by atoms with Gasteiger partial charge >= 0.3 is 0 Å². The van der Waals surface area contributed by atoms with Gasteiger partial charge in [0.2, 0.25) is 0 Å². The molecule has 1 aromatic heterocycles. The van der Waals surface area contributed by atoms with Crippen LogP contribution in [0.5, 0.6) is 0 Å². The van der Waals surface area contributed by atoms with Crippen molar-refractivity contribution in [2.24, 2.45) is 5.92 Å². The van der Waals surface area contributed by atoms with Crippen molar-refractivity contribution >= 4 is 0 Å². The number of benzene rings is 1. The van der Waals surface area contributed by atoms with Gasteiger partial charge in [0.05, 0.1) is 12.3 Å². The predicted octanol–water partition coefficient (Wildman–Crippen LogP) is 3.76. The molecule has 1 fully saturated rings. The molecule has 1 aliphatic rings. The second-order valence-corrected chi connectivity index (χ2v) is 5.06. The molecule has 0 saturated heterocycles. The molecule has 0 amide bonds. The van der Waals surface area contributed by atoms with Gasteiger partial charge in [-0.05, 0) is 43.0 Å². The quantitative estimate of drug-likeness (QED) is 0.862. The third-order valence-corrected chi connectivity index (χ3v) is 3.80. The highest BCUT2D eigenvalue weighted by atomic mass is 16.3. The Morgan fingerprint density at radius 3 is 2.56 bits per heavy atom. The van der Waals surface area contributed by atoms with Crippen molar-refractivity contribution in [1.29, 1.82) is 0 Å². The van der Waals surface area contributed by atoms with Gasteiger partial charge in [-0.25, -0.2) is 0 Å². The number of hydrogen-bond donors (Lipinski definition) is 1. The number of rotatable bonds is 5. The van der Waals surface area contributed by atoms with Gasteiger partial charge in [-0.1, -0.05) is 36.8 Å². The molecular weight excluding hydrogens is 222 g/mol. The van der Waals surface area contributed by atoms with Crippen molar-refractivity contribution in [1.82, 2.24) is 5.32 Å². The molecule has 1 saturated carbocycles. The fourth-order valence-electron chi connectivity index (χ4n) is 2.47. The second kappa shape index (κ2) is 5.40. The summed E-state index contributed by atoms with van der Waals surface area (Å²) in [6.45, 7) is 1.08. The summed E-state index contributed by atoms with van der Waals surface area (Å²) in [6.07, 6.45) is 5.87. The topological polar surface area (TPSA) is 25.2 Å². The van der Waals surface area contributed by atoms with Crippen molar-refractivity contribution in [3.8, 4) is 0 Å². The summed E-state index contributed by atoms with van der Waals surface area (Å²) in [5.41, 5.74) is 1.27. The molecule has 1 atom stereocenters. The Balaban J connectivity index is 1.75. The zero-order valence-electron chi connectivity index (χ0n) is 10.5. The molecule has 0 bridgehead atoms. The monoisotopic (exact) mass is 241 g/mol. The molecule has 2 aromatic rings. The van der Waals surface area contributed by atoms with E-state index in [0.717, 1.165) is 18.2 Å². The van der Waals surface area contributed by atoms with E-state index in [4.69, 9.17) is 4.42 Å². The normalized spacial score (nSPS) is 17.3. The Hall–Kier alpha value is -1.54. The molecule has 1 aromatic carbocycles. The average Bonchev–Trinajstić information content (AvgIpc) is 2.87. The molecule has 18 heavy (non-hydrogen) atoms. The predicted molar refractivity (Wildman–Crippen MR) is 72.3 cm³/mol. The molecule has 2 nitrogen and oxygen atoms in total.